The maximum atomic E-state index is 12.4. The minimum atomic E-state index is -0.153. The zero-order valence-corrected chi connectivity index (χ0v) is 13.5. The molecule has 6 heteroatoms. The lowest BCUT2D eigenvalue weighted by Crippen LogP contribution is -2.55. The Morgan fingerprint density at radius 1 is 1.43 bits per heavy atom. The third-order valence-corrected chi connectivity index (χ3v) is 3.88. The van der Waals surface area contributed by atoms with Crippen LogP contribution in [-0.2, 0) is 4.74 Å². The van der Waals surface area contributed by atoms with Gasteiger partial charge >= 0.3 is 0 Å². The topological polar surface area (TPSA) is 68.2 Å². The van der Waals surface area contributed by atoms with Crippen molar-refractivity contribution in [2.75, 3.05) is 19.7 Å². The second-order valence-corrected chi connectivity index (χ2v) is 6.39. The summed E-state index contributed by atoms with van der Waals surface area (Å²) in [7, 11) is 0. The van der Waals surface area contributed by atoms with Crippen LogP contribution in [0.4, 0.5) is 0 Å². The molecule has 1 atom stereocenters. The number of rotatable bonds is 4. The summed E-state index contributed by atoms with van der Waals surface area (Å²) >= 11 is 0. The van der Waals surface area contributed by atoms with Crippen LogP contribution in [0.25, 0.3) is 5.69 Å². The first-order valence-corrected chi connectivity index (χ1v) is 7.78. The van der Waals surface area contributed by atoms with Gasteiger partial charge in [0.1, 0.15) is 5.69 Å². The summed E-state index contributed by atoms with van der Waals surface area (Å²) in [6.07, 6.45) is 3.21. The summed E-state index contributed by atoms with van der Waals surface area (Å²) in [5.41, 5.74) is 1.42. The molecule has 2 aromatic rings. The summed E-state index contributed by atoms with van der Waals surface area (Å²) in [6, 6.07) is 9.68. The molecule has 1 aromatic heterocycles. The van der Waals surface area contributed by atoms with E-state index in [2.05, 4.69) is 29.5 Å². The number of nitrogens with zero attached hydrogens (tertiary/aromatic N) is 2. The molecule has 0 saturated carbocycles. The van der Waals surface area contributed by atoms with Gasteiger partial charge in [-0.15, -0.1) is 0 Å². The highest BCUT2D eigenvalue weighted by atomic mass is 16.5. The van der Waals surface area contributed by atoms with Gasteiger partial charge in [-0.05, 0) is 26.0 Å². The fraction of sp³-hybridized carbons (Fsp3) is 0.412. The Balaban J connectivity index is 1.61. The Morgan fingerprint density at radius 3 is 2.91 bits per heavy atom. The highest BCUT2D eigenvalue weighted by Gasteiger charge is 2.27. The third-order valence-electron chi connectivity index (χ3n) is 3.88. The number of hydrogen-bond acceptors (Lipinski definition) is 4. The van der Waals surface area contributed by atoms with E-state index in [0.717, 1.165) is 12.2 Å². The van der Waals surface area contributed by atoms with E-state index in [0.29, 0.717) is 18.8 Å². The number of carbonyl (C=O) groups is 1. The van der Waals surface area contributed by atoms with E-state index in [1.807, 2.05) is 30.3 Å². The van der Waals surface area contributed by atoms with Gasteiger partial charge in [0.05, 0.1) is 25.2 Å². The summed E-state index contributed by atoms with van der Waals surface area (Å²) in [5, 5.41) is 6.34. The molecular formula is C17H22N4O2. The van der Waals surface area contributed by atoms with E-state index < -0.39 is 0 Å². The smallest absolute Gasteiger partial charge is 0.270 e. The van der Waals surface area contributed by atoms with Crippen LogP contribution in [0.1, 0.15) is 24.3 Å². The second-order valence-electron chi connectivity index (χ2n) is 6.39. The minimum absolute atomic E-state index is 0.00750. The molecule has 122 valence electrons. The summed E-state index contributed by atoms with van der Waals surface area (Å²) in [4.78, 5) is 16.5. The average Bonchev–Trinajstić information content (AvgIpc) is 3.04. The van der Waals surface area contributed by atoms with Crippen LogP contribution in [-0.4, -0.2) is 46.8 Å². The number of morpholine rings is 1. The number of hydrogen-bond donors (Lipinski definition) is 2. The first-order valence-electron chi connectivity index (χ1n) is 7.78. The molecule has 0 aliphatic carbocycles. The molecule has 1 unspecified atom stereocenters. The molecule has 3 rings (SSSR count). The van der Waals surface area contributed by atoms with Gasteiger partial charge in [-0.1, -0.05) is 18.2 Å². The summed E-state index contributed by atoms with van der Waals surface area (Å²) in [5.74, 6) is -0.153. The van der Waals surface area contributed by atoms with E-state index in [1.54, 1.807) is 17.1 Å². The van der Waals surface area contributed by atoms with Crippen LogP contribution < -0.4 is 10.6 Å². The van der Waals surface area contributed by atoms with Gasteiger partial charge in [0, 0.05) is 24.3 Å². The van der Waals surface area contributed by atoms with Crippen LogP contribution in [0.15, 0.2) is 42.9 Å². The van der Waals surface area contributed by atoms with Gasteiger partial charge < -0.3 is 15.4 Å². The fourth-order valence-electron chi connectivity index (χ4n) is 2.51. The Morgan fingerprint density at radius 2 is 2.22 bits per heavy atom. The molecule has 1 aliphatic heterocycles. The van der Waals surface area contributed by atoms with Crippen molar-refractivity contribution in [3.8, 4) is 5.69 Å². The van der Waals surface area contributed by atoms with Gasteiger partial charge in [-0.2, -0.15) is 0 Å². The van der Waals surface area contributed by atoms with E-state index in [9.17, 15) is 4.79 Å². The van der Waals surface area contributed by atoms with Crippen molar-refractivity contribution in [1.82, 2.24) is 20.2 Å². The first-order chi connectivity index (χ1) is 11.1. The van der Waals surface area contributed by atoms with Crippen molar-refractivity contribution >= 4 is 5.91 Å². The number of aromatic nitrogens is 2. The lowest BCUT2D eigenvalue weighted by atomic mass is 10.0. The number of para-hydroxylation sites is 1. The number of ether oxygens (including phenoxy) is 1. The monoisotopic (exact) mass is 314 g/mol. The lowest BCUT2D eigenvalue weighted by molar-refractivity contribution is -0.0196. The summed E-state index contributed by atoms with van der Waals surface area (Å²) in [6.45, 7) is 6.03. The molecule has 2 heterocycles. The van der Waals surface area contributed by atoms with Crippen LogP contribution >= 0.6 is 0 Å². The SMILES string of the molecule is CC1(C)COC(CNC(=O)c2cncn2-c2ccccc2)CN1. The third kappa shape index (κ3) is 3.78. The van der Waals surface area contributed by atoms with Gasteiger partial charge in [0.15, 0.2) is 0 Å². The van der Waals surface area contributed by atoms with Gasteiger partial charge in [-0.3, -0.25) is 9.36 Å². The molecule has 0 spiro atoms. The predicted molar refractivity (Wildman–Crippen MR) is 87.7 cm³/mol. The molecule has 1 amide bonds. The highest BCUT2D eigenvalue weighted by Crippen LogP contribution is 2.12. The molecule has 0 bridgehead atoms. The van der Waals surface area contributed by atoms with E-state index in [-0.39, 0.29) is 17.6 Å². The molecule has 1 fully saturated rings. The van der Waals surface area contributed by atoms with E-state index in [1.165, 1.54) is 0 Å². The molecular weight excluding hydrogens is 292 g/mol. The minimum Gasteiger partial charge on any atom is -0.373 e. The second kappa shape index (κ2) is 6.52. The molecule has 0 radical (unpaired) electrons. The zero-order chi connectivity index (χ0) is 16.3. The Bertz CT molecular complexity index is 656. The van der Waals surface area contributed by atoms with Crippen LogP contribution in [0, 0.1) is 0 Å². The standard InChI is InChI=1S/C17H22N4O2/c1-17(2)11-23-14(9-20-17)8-19-16(22)15-10-18-12-21(15)13-6-4-3-5-7-13/h3-7,10,12,14,20H,8-9,11H2,1-2H3,(H,19,22). The van der Waals surface area contributed by atoms with Crippen molar-refractivity contribution in [1.29, 1.82) is 0 Å². The summed E-state index contributed by atoms with van der Waals surface area (Å²) < 4.78 is 7.55. The van der Waals surface area contributed by atoms with Gasteiger partial charge in [0.25, 0.3) is 5.91 Å². The molecule has 1 aromatic carbocycles. The van der Waals surface area contributed by atoms with Crippen LogP contribution in [0.2, 0.25) is 0 Å². The van der Waals surface area contributed by atoms with Crippen molar-refractivity contribution in [2.45, 2.75) is 25.5 Å². The Kier molecular flexibility index (Phi) is 4.45. The number of imidazole rings is 1. The molecule has 23 heavy (non-hydrogen) atoms. The quantitative estimate of drug-likeness (QED) is 0.894. The van der Waals surface area contributed by atoms with Crippen LogP contribution in [0.5, 0.6) is 0 Å². The van der Waals surface area contributed by atoms with Crippen molar-refractivity contribution in [2.24, 2.45) is 0 Å². The molecule has 2 N–H and O–H groups in total. The molecule has 1 aliphatic rings. The van der Waals surface area contributed by atoms with Gasteiger partial charge in [0.2, 0.25) is 0 Å². The first kappa shape index (κ1) is 15.7. The number of nitrogens with one attached hydrogen (secondary N) is 2. The number of amides is 1. The highest BCUT2D eigenvalue weighted by molar-refractivity contribution is 5.93. The lowest BCUT2D eigenvalue weighted by Gasteiger charge is -2.35. The zero-order valence-electron chi connectivity index (χ0n) is 13.5. The van der Waals surface area contributed by atoms with Gasteiger partial charge in [-0.25, -0.2) is 4.98 Å². The van der Waals surface area contributed by atoms with Crippen molar-refractivity contribution in [3.63, 3.8) is 0 Å². The maximum Gasteiger partial charge on any atom is 0.270 e. The number of benzene rings is 1. The Hall–Kier alpha value is -2.18. The van der Waals surface area contributed by atoms with E-state index in [4.69, 9.17) is 4.74 Å². The predicted octanol–water partition coefficient (Wildman–Crippen LogP) is 1.37. The average molecular weight is 314 g/mol. The molecule has 6 nitrogen and oxygen atoms in total. The maximum absolute atomic E-state index is 12.4. The van der Waals surface area contributed by atoms with Crippen LogP contribution in [0.3, 0.4) is 0 Å². The van der Waals surface area contributed by atoms with E-state index >= 15 is 0 Å². The normalized spacial score (nSPS) is 20.2. The van der Waals surface area contributed by atoms with Crippen molar-refractivity contribution in [3.05, 3.63) is 48.5 Å². The Labute approximate surface area is 135 Å². The fourth-order valence-corrected chi connectivity index (χ4v) is 2.51. The van der Waals surface area contributed by atoms with Crippen molar-refractivity contribution < 1.29 is 9.53 Å². The number of carbonyl (C=O) groups excluding carboxylic acids is 1. The molecule has 1 saturated heterocycles. The largest absolute Gasteiger partial charge is 0.373 e.